The number of hydrogen-bond acceptors (Lipinski definition) is 1. The molecule has 0 aliphatic rings. The lowest BCUT2D eigenvalue weighted by atomic mass is 10.1. The van der Waals surface area contributed by atoms with E-state index >= 15 is 0 Å². The predicted octanol–water partition coefficient (Wildman–Crippen LogP) is 2.73. The fourth-order valence-corrected chi connectivity index (χ4v) is 1.64. The number of hydrogen-bond donors (Lipinski definition) is 0. The van der Waals surface area contributed by atoms with Crippen molar-refractivity contribution in [1.29, 1.82) is 0 Å². The third kappa shape index (κ3) is 1.84. The first-order chi connectivity index (χ1) is 7.35. The Labute approximate surface area is 89.1 Å². The van der Waals surface area contributed by atoms with Crippen LogP contribution in [-0.2, 0) is 4.79 Å². The Morgan fingerprint density at radius 3 is 2.53 bits per heavy atom. The zero-order valence-electron chi connectivity index (χ0n) is 8.60. The number of anilines is 1. The third-order valence-corrected chi connectivity index (χ3v) is 2.47. The number of carbonyl (C=O) groups excluding carboxylic acids is 1. The Kier molecular flexibility index (Phi) is 2.68. The van der Waals surface area contributed by atoms with Crippen LogP contribution in [0, 0.1) is 0 Å². The van der Waals surface area contributed by atoms with Gasteiger partial charge in [-0.2, -0.15) is 0 Å². The van der Waals surface area contributed by atoms with E-state index in [1.54, 1.807) is 4.90 Å². The fraction of sp³-hybridized carbons (Fsp3) is 0.154. The van der Waals surface area contributed by atoms with Crippen molar-refractivity contribution >= 4 is 22.9 Å². The van der Waals surface area contributed by atoms with Gasteiger partial charge in [-0.05, 0) is 29.8 Å². The lowest BCUT2D eigenvalue weighted by Crippen LogP contribution is -2.19. The maximum Gasteiger partial charge on any atom is 0.316 e. The first-order valence-electron chi connectivity index (χ1n) is 4.99. The Balaban J connectivity index is 2.50. The second-order valence-corrected chi connectivity index (χ2v) is 3.37. The van der Waals surface area contributed by atoms with E-state index in [0.717, 1.165) is 11.1 Å². The quantitative estimate of drug-likeness (QED) is 0.694. The van der Waals surface area contributed by atoms with E-state index < -0.39 is 0 Å². The molecular formula is C13H12NO. The molecule has 75 valence electrons. The van der Waals surface area contributed by atoms with E-state index in [2.05, 4.69) is 6.07 Å². The van der Waals surface area contributed by atoms with Crippen LogP contribution in [0.3, 0.4) is 0 Å². The van der Waals surface area contributed by atoms with Gasteiger partial charge < -0.3 is 4.90 Å². The summed E-state index contributed by atoms with van der Waals surface area (Å²) < 4.78 is 0. The number of benzene rings is 2. The van der Waals surface area contributed by atoms with Gasteiger partial charge in [0.15, 0.2) is 0 Å². The molecule has 2 aromatic rings. The van der Waals surface area contributed by atoms with Crippen LogP contribution in [0.25, 0.3) is 10.8 Å². The summed E-state index contributed by atoms with van der Waals surface area (Å²) in [6.07, 6.45) is 1.92. The molecule has 0 heterocycles. The number of nitrogens with zero attached hydrogens (tertiary/aromatic N) is 1. The molecule has 2 aromatic carbocycles. The molecule has 2 nitrogen and oxygen atoms in total. The summed E-state index contributed by atoms with van der Waals surface area (Å²) in [4.78, 5) is 12.2. The van der Waals surface area contributed by atoms with Gasteiger partial charge in [0.05, 0.1) is 0 Å². The maximum absolute atomic E-state index is 10.7. The molecule has 0 spiro atoms. The van der Waals surface area contributed by atoms with Gasteiger partial charge >= 0.3 is 6.41 Å². The average Bonchev–Trinajstić information content (AvgIpc) is 2.30. The first kappa shape index (κ1) is 9.71. The minimum atomic E-state index is 0.641. The van der Waals surface area contributed by atoms with Gasteiger partial charge in [-0.1, -0.05) is 30.3 Å². The van der Waals surface area contributed by atoms with Gasteiger partial charge in [-0.25, -0.2) is 0 Å². The van der Waals surface area contributed by atoms with Crippen LogP contribution in [0.15, 0.2) is 42.5 Å². The highest BCUT2D eigenvalue weighted by atomic mass is 16.1. The molecule has 0 saturated heterocycles. The highest BCUT2D eigenvalue weighted by Crippen LogP contribution is 2.20. The normalized spacial score (nSPS) is 10.2. The highest BCUT2D eigenvalue weighted by Gasteiger charge is 2.03. The molecule has 0 aliphatic heterocycles. The van der Waals surface area contributed by atoms with E-state index in [1.165, 1.54) is 5.39 Å². The molecule has 0 bridgehead atoms. The van der Waals surface area contributed by atoms with Crippen molar-refractivity contribution in [3.8, 4) is 0 Å². The molecule has 0 aromatic heterocycles. The lowest BCUT2D eigenvalue weighted by molar-refractivity contribution is 0.552. The van der Waals surface area contributed by atoms with Crippen molar-refractivity contribution in [1.82, 2.24) is 0 Å². The zero-order chi connectivity index (χ0) is 10.7. The van der Waals surface area contributed by atoms with E-state index in [4.69, 9.17) is 0 Å². The third-order valence-electron chi connectivity index (χ3n) is 2.47. The van der Waals surface area contributed by atoms with Crippen molar-refractivity contribution in [2.24, 2.45) is 0 Å². The van der Waals surface area contributed by atoms with Gasteiger partial charge in [0, 0.05) is 12.2 Å². The van der Waals surface area contributed by atoms with Crippen LogP contribution in [0.4, 0.5) is 5.69 Å². The second kappa shape index (κ2) is 4.13. The largest absolute Gasteiger partial charge is 0.316 e. The fourth-order valence-electron chi connectivity index (χ4n) is 1.64. The molecule has 2 rings (SSSR count). The second-order valence-electron chi connectivity index (χ2n) is 3.37. The predicted molar refractivity (Wildman–Crippen MR) is 62.7 cm³/mol. The summed E-state index contributed by atoms with van der Waals surface area (Å²) in [6.45, 7) is 2.57. The molecule has 0 unspecified atom stereocenters. The molecule has 0 N–H and O–H groups in total. The van der Waals surface area contributed by atoms with Crippen molar-refractivity contribution in [2.45, 2.75) is 6.92 Å². The molecular weight excluding hydrogens is 186 g/mol. The summed E-state index contributed by atoms with van der Waals surface area (Å²) in [5.74, 6) is 0. The lowest BCUT2D eigenvalue weighted by Gasteiger charge is -2.14. The summed E-state index contributed by atoms with van der Waals surface area (Å²) in [6, 6.07) is 14.1. The Morgan fingerprint density at radius 2 is 1.87 bits per heavy atom. The Bertz CT molecular complexity index is 479. The molecule has 1 amide bonds. The minimum Gasteiger partial charge on any atom is -0.304 e. The minimum absolute atomic E-state index is 0.641. The van der Waals surface area contributed by atoms with E-state index in [1.807, 2.05) is 49.7 Å². The summed E-state index contributed by atoms with van der Waals surface area (Å²) in [7, 11) is 0. The van der Waals surface area contributed by atoms with Crippen LogP contribution in [0.5, 0.6) is 0 Å². The Morgan fingerprint density at radius 1 is 1.13 bits per heavy atom. The summed E-state index contributed by atoms with van der Waals surface area (Å²) in [5, 5.41) is 2.33. The summed E-state index contributed by atoms with van der Waals surface area (Å²) >= 11 is 0. The SMILES string of the molecule is CCN([C]=O)c1ccc2ccccc2c1. The molecule has 0 saturated carbocycles. The molecule has 0 atom stereocenters. The number of rotatable bonds is 3. The van der Waals surface area contributed by atoms with E-state index in [-0.39, 0.29) is 0 Å². The van der Waals surface area contributed by atoms with Gasteiger partial charge in [0.25, 0.3) is 0 Å². The maximum atomic E-state index is 10.7. The monoisotopic (exact) mass is 198 g/mol. The van der Waals surface area contributed by atoms with Gasteiger partial charge in [-0.3, -0.25) is 4.79 Å². The van der Waals surface area contributed by atoms with E-state index in [9.17, 15) is 4.79 Å². The Hall–Kier alpha value is -1.83. The molecule has 2 heteroatoms. The number of amides is 1. The smallest absolute Gasteiger partial charge is 0.304 e. The summed E-state index contributed by atoms with van der Waals surface area (Å²) in [5.41, 5.74) is 0.895. The van der Waals surface area contributed by atoms with E-state index in [0.29, 0.717) is 6.54 Å². The molecule has 1 radical (unpaired) electrons. The topological polar surface area (TPSA) is 20.3 Å². The average molecular weight is 198 g/mol. The van der Waals surface area contributed by atoms with Crippen molar-refractivity contribution in [3.05, 3.63) is 42.5 Å². The molecule has 15 heavy (non-hydrogen) atoms. The van der Waals surface area contributed by atoms with Gasteiger partial charge in [0.2, 0.25) is 0 Å². The standard InChI is InChI=1S/C13H12NO/c1-2-14(10-15)13-8-7-11-5-3-4-6-12(11)9-13/h3-9H,2H2,1H3. The van der Waals surface area contributed by atoms with Crippen LogP contribution in [0.1, 0.15) is 6.92 Å². The van der Waals surface area contributed by atoms with Crippen LogP contribution in [0.2, 0.25) is 0 Å². The van der Waals surface area contributed by atoms with Crippen molar-refractivity contribution < 1.29 is 4.79 Å². The van der Waals surface area contributed by atoms with Crippen LogP contribution >= 0.6 is 0 Å². The zero-order valence-corrected chi connectivity index (χ0v) is 8.60. The van der Waals surface area contributed by atoms with Gasteiger partial charge in [0.1, 0.15) is 0 Å². The van der Waals surface area contributed by atoms with Crippen molar-refractivity contribution in [3.63, 3.8) is 0 Å². The van der Waals surface area contributed by atoms with Crippen LogP contribution in [-0.4, -0.2) is 13.0 Å². The van der Waals surface area contributed by atoms with Crippen molar-refractivity contribution in [2.75, 3.05) is 11.4 Å². The highest BCUT2D eigenvalue weighted by molar-refractivity contribution is 5.88. The first-order valence-corrected chi connectivity index (χ1v) is 4.99. The molecule has 0 aliphatic carbocycles. The van der Waals surface area contributed by atoms with Crippen LogP contribution < -0.4 is 4.90 Å². The van der Waals surface area contributed by atoms with Gasteiger partial charge in [-0.15, -0.1) is 0 Å². The number of fused-ring (bicyclic) bond motifs is 1. The molecule has 0 fully saturated rings.